The van der Waals surface area contributed by atoms with Crippen molar-refractivity contribution in [3.63, 3.8) is 0 Å². The quantitative estimate of drug-likeness (QED) is 0.846. The monoisotopic (exact) mass is 315 g/mol. The van der Waals surface area contributed by atoms with Crippen LogP contribution in [-0.2, 0) is 4.79 Å². The van der Waals surface area contributed by atoms with Crippen molar-refractivity contribution in [3.8, 4) is 0 Å². The van der Waals surface area contributed by atoms with Gasteiger partial charge in [0.1, 0.15) is 0 Å². The van der Waals surface area contributed by atoms with Crippen LogP contribution in [0.2, 0.25) is 0 Å². The molecule has 4 nitrogen and oxygen atoms in total. The summed E-state index contributed by atoms with van der Waals surface area (Å²) >= 11 is 0. The maximum Gasteiger partial charge on any atom is 0.234 e. The van der Waals surface area contributed by atoms with Crippen molar-refractivity contribution >= 4 is 5.91 Å². The largest absolute Gasteiger partial charge is 0.348 e. The molecule has 2 atom stereocenters. The molecular formula is C19H29N3O. The van der Waals surface area contributed by atoms with Gasteiger partial charge in [0.25, 0.3) is 0 Å². The Hall–Kier alpha value is -1.39. The summed E-state index contributed by atoms with van der Waals surface area (Å²) in [6, 6.07) is 9.31. The van der Waals surface area contributed by atoms with Crippen molar-refractivity contribution in [2.24, 2.45) is 5.92 Å². The van der Waals surface area contributed by atoms with E-state index in [4.69, 9.17) is 0 Å². The van der Waals surface area contributed by atoms with Gasteiger partial charge in [-0.25, -0.2) is 0 Å². The van der Waals surface area contributed by atoms with E-state index in [1.165, 1.54) is 36.8 Å². The van der Waals surface area contributed by atoms with Gasteiger partial charge in [-0.15, -0.1) is 0 Å². The highest BCUT2D eigenvalue weighted by atomic mass is 16.2. The van der Waals surface area contributed by atoms with Crippen molar-refractivity contribution < 1.29 is 4.79 Å². The number of hydrogen-bond donors (Lipinski definition) is 2. The van der Waals surface area contributed by atoms with Crippen LogP contribution in [0.25, 0.3) is 0 Å². The average Bonchev–Trinajstić information content (AvgIpc) is 3.38. The van der Waals surface area contributed by atoms with Gasteiger partial charge in [0.2, 0.25) is 5.91 Å². The maximum absolute atomic E-state index is 12.5. The fraction of sp³-hybridized carbons (Fsp3) is 0.632. The molecule has 3 rings (SSSR count). The lowest BCUT2D eigenvalue weighted by atomic mass is 10.0. The lowest BCUT2D eigenvalue weighted by Gasteiger charge is -2.32. The van der Waals surface area contributed by atoms with E-state index in [-0.39, 0.29) is 11.9 Å². The zero-order chi connectivity index (χ0) is 16.2. The molecule has 1 aliphatic heterocycles. The number of hydrogen-bond acceptors (Lipinski definition) is 3. The highest BCUT2D eigenvalue weighted by molar-refractivity contribution is 5.78. The Morgan fingerprint density at radius 1 is 1.26 bits per heavy atom. The minimum Gasteiger partial charge on any atom is -0.348 e. The Labute approximate surface area is 139 Å². The van der Waals surface area contributed by atoms with E-state index in [1.54, 1.807) is 0 Å². The number of rotatable bonds is 6. The lowest BCUT2D eigenvalue weighted by Crippen LogP contribution is -2.48. The predicted molar refractivity (Wildman–Crippen MR) is 93.3 cm³/mol. The second-order valence-corrected chi connectivity index (χ2v) is 7.16. The Morgan fingerprint density at radius 2 is 2.00 bits per heavy atom. The molecule has 1 aromatic carbocycles. The molecule has 1 aliphatic carbocycles. The van der Waals surface area contributed by atoms with Crippen LogP contribution < -0.4 is 10.6 Å². The number of amides is 1. The summed E-state index contributed by atoms with van der Waals surface area (Å²) in [4.78, 5) is 14.8. The van der Waals surface area contributed by atoms with Crippen LogP contribution in [0.3, 0.4) is 0 Å². The smallest absolute Gasteiger partial charge is 0.234 e. The second-order valence-electron chi connectivity index (χ2n) is 7.16. The number of likely N-dealkylation sites (N-methyl/N-ethyl adjacent to an activating group) is 1. The van der Waals surface area contributed by atoms with Gasteiger partial charge < -0.3 is 10.6 Å². The summed E-state index contributed by atoms with van der Waals surface area (Å²) in [7, 11) is 2.01. The third-order valence-electron chi connectivity index (χ3n) is 5.13. The van der Waals surface area contributed by atoms with Gasteiger partial charge in [-0.2, -0.15) is 0 Å². The standard InChI is InChI=1S/C19H29N3O/c1-14-5-7-15(8-6-14)19(16-9-10-16)21-18(23)13-22-11-3-4-17(12-22)20-2/h5-8,16-17,19-20H,3-4,9-13H2,1-2H3,(H,21,23). The van der Waals surface area contributed by atoms with E-state index in [0.717, 1.165) is 13.1 Å². The number of likely N-dealkylation sites (tertiary alicyclic amines) is 1. The first-order valence-electron chi connectivity index (χ1n) is 8.91. The van der Waals surface area contributed by atoms with Crippen molar-refractivity contribution in [1.82, 2.24) is 15.5 Å². The van der Waals surface area contributed by atoms with Crippen molar-refractivity contribution in [1.29, 1.82) is 0 Å². The molecule has 1 saturated heterocycles. The third-order valence-corrected chi connectivity index (χ3v) is 5.13. The number of benzene rings is 1. The molecule has 2 aliphatic rings. The molecule has 0 radical (unpaired) electrons. The summed E-state index contributed by atoms with van der Waals surface area (Å²) in [6.45, 7) is 4.63. The molecule has 0 spiro atoms. The van der Waals surface area contributed by atoms with E-state index in [1.807, 2.05) is 7.05 Å². The molecule has 0 bridgehead atoms. The van der Waals surface area contributed by atoms with Crippen LogP contribution in [0, 0.1) is 12.8 Å². The van der Waals surface area contributed by atoms with Gasteiger partial charge in [0.05, 0.1) is 12.6 Å². The Kier molecular flexibility index (Phi) is 5.34. The minimum atomic E-state index is 0.166. The molecule has 4 heteroatoms. The lowest BCUT2D eigenvalue weighted by molar-refractivity contribution is -0.123. The molecule has 1 amide bonds. The van der Waals surface area contributed by atoms with Crippen LogP contribution >= 0.6 is 0 Å². The van der Waals surface area contributed by atoms with Gasteiger partial charge in [-0.05, 0) is 57.7 Å². The average molecular weight is 315 g/mol. The molecular weight excluding hydrogens is 286 g/mol. The van der Waals surface area contributed by atoms with Gasteiger partial charge in [0.15, 0.2) is 0 Å². The molecule has 1 saturated carbocycles. The summed E-state index contributed by atoms with van der Waals surface area (Å²) in [5, 5.41) is 6.63. The molecule has 2 fully saturated rings. The van der Waals surface area contributed by atoms with E-state index in [0.29, 0.717) is 18.5 Å². The van der Waals surface area contributed by atoms with Gasteiger partial charge >= 0.3 is 0 Å². The van der Waals surface area contributed by atoms with E-state index >= 15 is 0 Å². The number of piperidine rings is 1. The Bertz CT molecular complexity index is 524. The van der Waals surface area contributed by atoms with Crippen LogP contribution in [0.4, 0.5) is 0 Å². The molecule has 1 aromatic rings. The van der Waals surface area contributed by atoms with Crippen molar-refractivity contribution in [2.45, 2.75) is 44.7 Å². The number of aryl methyl sites for hydroxylation is 1. The summed E-state index contributed by atoms with van der Waals surface area (Å²) in [5.41, 5.74) is 2.51. The molecule has 1 heterocycles. The summed E-state index contributed by atoms with van der Waals surface area (Å²) < 4.78 is 0. The second kappa shape index (κ2) is 7.45. The van der Waals surface area contributed by atoms with Gasteiger partial charge in [0, 0.05) is 12.6 Å². The van der Waals surface area contributed by atoms with Crippen LogP contribution in [0.5, 0.6) is 0 Å². The van der Waals surface area contributed by atoms with Crippen LogP contribution in [0.15, 0.2) is 24.3 Å². The van der Waals surface area contributed by atoms with Crippen molar-refractivity contribution in [2.75, 3.05) is 26.7 Å². The van der Waals surface area contributed by atoms with Crippen molar-refractivity contribution in [3.05, 3.63) is 35.4 Å². The Balaban J connectivity index is 1.57. The first-order chi connectivity index (χ1) is 11.2. The topological polar surface area (TPSA) is 44.4 Å². The molecule has 2 N–H and O–H groups in total. The summed E-state index contributed by atoms with van der Waals surface area (Å²) in [6.07, 6.45) is 4.83. The number of carbonyl (C=O) groups is 1. The van der Waals surface area contributed by atoms with Gasteiger partial charge in [-0.3, -0.25) is 9.69 Å². The highest BCUT2D eigenvalue weighted by Gasteiger charge is 2.33. The number of nitrogens with zero attached hydrogens (tertiary/aromatic N) is 1. The van der Waals surface area contributed by atoms with Crippen LogP contribution in [-0.4, -0.2) is 43.5 Å². The molecule has 126 valence electrons. The zero-order valence-corrected chi connectivity index (χ0v) is 14.3. The van der Waals surface area contributed by atoms with E-state index < -0.39 is 0 Å². The third kappa shape index (κ3) is 4.55. The molecule has 0 aromatic heterocycles. The first-order valence-corrected chi connectivity index (χ1v) is 8.91. The van der Waals surface area contributed by atoms with Gasteiger partial charge in [-0.1, -0.05) is 29.8 Å². The number of carbonyl (C=O) groups excluding carboxylic acids is 1. The fourth-order valence-corrected chi connectivity index (χ4v) is 3.53. The van der Waals surface area contributed by atoms with E-state index in [2.05, 4.69) is 46.7 Å². The first kappa shape index (κ1) is 16.5. The predicted octanol–water partition coefficient (Wildman–Crippen LogP) is 2.25. The van der Waals surface area contributed by atoms with E-state index in [9.17, 15) is 4.79 Å². The molecule has 23 heavy (non-hydrogen) atoms. The normalized spacial score (nSPS) is 23.5. The number of nitrogens with one attached hydrogen (secondary N) is 2. The SMILES string of the molecule is CNC1CCCN(CC(=O)NC(c2ccc(C)cc2)C2CC2)C1. The minimum absolute atomic E-state index is 0.166. The highest BCUT2D eigenvalue weighted by Crippen LogP contribution is 2.41. The maximum atomic E-state index is 12.5. The fourth-order valence-electron chi connectivity index (χ4n) is 3.53. The Morgan fingerprint density at radius 3 is 2.65 bits per heavy atom. The molecule has 2 unspecified atom stereocenters. The van der Waals surface area contributed by atoms with Crippen LogP contribution in [0.1, 0.15) is 42.9 Å². The summed E-state index contributed by atoms with van der Waals surface area (Å²) in [5.74, 6) is 0.785. The zero-order valence-electron chi connectivity index (χ0n) is 14.3.